The Balaban J connectivity index is 1.18. The lowest BCUT2D eigenvalue weighted by Gasteiger charge is -2.31. The van der Waals surface area contributed by atoms with E-state index in [1.165, 1.54) is 0 Å². The number of carbonyl (C=O) groups excluding carboxylic acids is 3. The molecule has 3 amide bonds. The first-order chi connectivity index (χ1) is 19.0. The fourth-order valence-electron chi connectivity index (χ4n) is 5.67. The van der Waals surface area contributed by atoms with Crippen molar-refractivity contribution in [3.63, 3.8) is 0 Å². The average Bonchev–Trinajstić information content (AvgIpc) is 3.33. The summed E-state index contributed by atoms with van der Waals surface area (Å²) in [6.07, 6.45) is 8.34. The molecule has 1 saturated heterocycles. The lowest BCUT2D eigenvalue weighted by molar-refractivity contribution is -0.130. The number of hydrogen-bond donors (Lipinski definition) is 2. The number of rotatable bonds is 5. The average molecular weight is 523 g/mol. The van der Waals surface area contributed by atoms with Crippen molar-refractivity contribution >= 4 is 40.0 Å². The van der Waals surface area contributed by atoms with Crippen molar-refractivity contribution in [1.29, 1.82) is 0 Å². The van der Waals surface area contributed by atoms with Crippen molar-refractivity contribution in [2.45, 2.75) is 32.7 Å². The maximum absolute atomic E-state index is 13.3. The second-order valence-corrected chi connectivity index (χ2v) is 10.3. The summed E-state index contributed by atoms with van der Waals surface area (Å²) in [4.78, 5) is 39.1. The van der Waals surface area contributed by atoms with E-state index in [4.69, 9.17) is 5.10 Å². The van der Waals surface area contributed by atoms with E-state index in [2.05, 4.69) is 15.8 Å². The van der Waals surface area contributed by atoms with E-state index in [0.29, 0.717) is 29.4 Å². The summed E-state index contributed by atoms with van der Waals surface area (Å²) < 4.78 is 1.93. The van der Waals surface area contributed by atoms with Gasteiger partial charge in [0.2, 0.25) is 5.91 Å². The van der Waals surface area contributed by atoms with Crippen molar-refractivity contribution in [3.05, 3.63) is 83.6 Å². The fourth-order valence-corrected chi connectivity index (χ4v) is 5.67. The summed E-state index contributed by atoms with van der Waals surface area (Å²) in [6.45, 7) is 3.84. The van der Waals surface area contributed by atoms with E-state index in [-0.39, 0.29) is 23.6 Å². The number of nitrogens with zero attached hydrogens (tertiary/aromatic N) is 4. The minimum atomic E-state index is -0.269. The molecule has 198 valence electrons. The number of amides is 3. The Bertz CT molecular complexity index is 1540. The van der Waals surface area contributed by atoms with Gasteiger partial charge in [0, 0.05) is 49.1 Å². The number of likely N-dealkylation sites (tertiary alicyclic amines) is 1. The van der Waals surface area contributed by atoms with Crippen LogP contribution in [0.15, 0.2) is 77.4 Å². The van der Waals surface area contributed by atoms with E-state index in [1.807, 2.05) is 76.3 Å². The van der Waals surface area contributed by atoms with Gasteiger partial charge < -0.3 is 10.2 Å². The first-order valence-corrected chi connectivity index (χ1v) is 13.4. The van der Waals surface area contributed by atoms with Crippen LogP contribution in [0.5, 0.6) is 0 Å². The Kier molecular flexibility index (Phi) is 6.56. The standard InChI is InChI=1S/C30H30N6O3/c1-19(37)35-16-14-20(15-17-35)18-36-26-9-5-4-8-25(26)28(34-36)30(39)31-22-12-10-21(11-13-22)27-23-6-2-3-7-24(23)29(38)33-32-27/h2-5,7-13,20,23H,6,14-18H2,1H3,(H,31,39)(H,33,38). The molecule has 2 N–H and O–H groups in total. The van der Waals surface area contributed by atoms with Gasteiger partial charge in [0.1, 0.15) is 0 Å². The summed E-state index contributed by atoms with van der Waals surface area (Å²) in [7, 11) is 0. The van der Waals surface area contributed by atoms with Crippen LogP contribution in [0, 0.1) is 11.8 Å². The Morgan fingerprint density at radius 1 is 1.08 bits per heavy atom. The molecule has 0 spiro atoms. The van der Waals surface area contributed by atoms with E-state index < -0.39 is 0 Å². The molecule has 39 heavy (non-hydrogen) atoms. The predicted molar refractivity (Wildman–Crippen MR) is 149 cm³/mol. The molecule has 1 fully saturated rings. The number of aromatic nitrogens is 2. The van der Waals surface area contributed by atoms with Crippen molar-refractivity contribution in [2.24, 2.45) is 16.9 Å². The number of benzene rings is 2. The van der Waals surface area contributed by atoms with Crippen molar-refractivity contribution in [3.8, 4) is 0 Å². The topological polar surface area (TPSA) is 109 Å². The van der Waals surface area contributed by atoms with Crippen molar-refractivity contribution in [1.82, 2.24) is 20.1 Å². The molecule has 9 nitrogen and oxygen atoms in total. The van der Waals surface area contributed by atoms with Crippen LogP contribution in [-0.2, 0) is 16.1 Å². The highest BCUT2D eigenvalue weighted by Crippen LogP contribution is 2.29. The van der Waals surface area contributed by atoms with Gasteiger partial charge in [0.25, 0.3) is 11.8 Å². The third-order valence-corrected chi connectivity index (χ3v) is 7.83. The number of anilines is 1. The quantitative estimate of drug-likeness (QED) is 0.530. The Hall–Kier alpha value is -4.53. The molecule has 0 radical (unpaired) electrons. The highest BCUT2D eigenvalue weighted by atomic mass is 16.2. The summed E-state index contributed by atoms with van der Waals surface area (Å²) in [5.74, 6) is 0.0134. The molecule has 6 rings (SSSR count). The van der Waals surface area contributed by atoms with Crippen LogP contribution < -0.4 is 10.7 Å². The number of nitrogens with one attached hydrogen (secondary N) is 2. The Morgan fingerprint density at radius 2 is 1.85 bits per heavy atom. The molecule has 2 aromatic carbocycles. The zero-order chi connectivity index (χ0) is 26.9. The molecular formula is C30H30N6O3. The summed E-state index contributed by atoms with van der Waals surface area (Å²) in [6, 6.07) is 15.3. The van der Waals surface area contributed by atoms with Gasteiger partial charge in [-0.25, -0.2) is 5.43 Å². The Morgan fingerprint density at radius 3 is 2.62 bits per heavy atom. The smallest absolute Gasteiger partial charge is 0.276 e. The maximum atomic E-state index is 13.3. The summed E-state index contributed by atoms with van der Waals surface area (Å²) in [5.41, 5.74) is 6.98. The number of fused-ring (bicyclic) bond motifs is 2. The number of para-hydroxylation sites is 1. The van der Waals surface area contributed by atoms with Gasteiger partial charge in [0.15, 0.2) is 5.69 Å². The molecule has 1 atom stereocenters. The van der Waals surface area contributed by atoms with Crippen LogP contribution in [0.4, 0.5) is 5.69 Å². The molecule has 9 heteroatoms. The highest BCUT2D eigenvalue weighted by molar-refractivity contribution is 6.14. The van der Waals surface area contributed by atoms with Crippen LogP contribution in [0.2, 0.25) is 0 Å². The Labute approximate surface area is 226 Å². The third kappa shape index (κ3) is 4.87. The molecule has 1 unspecified atom stereocenters. The van der Waals surface area contributed by atoms with Crippen LogP contribution >= 0.6 is 0 Å². The van der Waals surface area contributed by atoms with Crippen molar-refractivity contribution in [2.75, 3.05) is 18.4 Å². The maximum Gasteiger partial charge on any atom is 0.276 e. The number of hydrazone groups is 1. The lowest BCUT2D eigenvalue weighted by atomic mass is 9.83. The number of allylic oxidation sites excluding steroid dienone is 3. The first-order valence-electron chi connectivity index (χ1n) is 13.4. The van der Waals surface area contributed by atoms with Gasteiger partial charge in [-0.3, -0.25) is 19.1 Å². The van der Waals surface area contributed by atoms with E-state index >= 15 is 0 Å². The summed E-state index contributed by atoms with van der Waals surface area (Å²) >= 11 is 0. The van der Waals surface area contributed by atoms with Gasteiger partial charge in [-0.15, -0.1) is 0 Å². The largest absolute Gasteiger partial charge is 0.343 e. The first kappa shape index (κ1) is 24.8. The molecule has 0 saturated carbocycles. The highest BCUT2D eigenvalue weighted by Gasteiger charge is 2.31. The third-order valence-electron chi connectivity index (χ3n) is 7.83. The summed E-state index contributed by atoms with van der Waals surface area (Å²) in [5, 5.41) is 12.9. The van der Waals surface area contributed by atoms with Crippen LogP contribution in [-0.4, -0.2) is 51.2 Å². The monoisotopic (exact) mass is 522 g/mol. The molecule has 0 bridgehead atoms. The lowest BCUT2D eigenvalue weighted by Crippen LogP contribution is -2.38. The van der Waals surface area contributed by atoms with Crippen LogP contribution in [0.3, 0.4) is 0 Å². The van der Waals surface area contributed by atoms with Gasteiger partial charge in [-0.2, -0.15) is 10.2 Å². The molecule has 1 aromatic heterocycles. The van der Waals surface area contributed by atoms with E-state index in [9.17, 15) is 14.4 Å². The van der Waals surface area contributed by atoms with Gasteiger partial charge in [0.05, 0.1) is 11.2 Å². The van der Waals surface area contributed by atoms with Crippen molar-refractivity contribution < 1.29 is 14.4 Å². The number of carbonyl (C=O) groups is 3. The predicted octanol–water partition coefficient (Wildman–Crippen LogP) is 3.88. The molecule has 1 aliphatic carbocycles. The number of hydrogen-bond acceptors (Lipinski definition) is 5. The molecule has 3 aliphatic rings. The number of piperidine rings is 1. The normalized spacial score (nSPS) is 19.3. The molecule has 2 aliphatic heterocycles. The molecular weight excluding hydrogens is 492 g/mol. The minimum Gasteiger partial charge on any atom is -0.343 e. The molecule has 3 aromatic rings. The van der Waals surface area contributed by atoms with E-state index in [1.54, 1.807) is 6.92 Å². The second-order valence-electron chi connectivity index (χ2n) is 10.3. The molecule has 3 heterocycles. The minimum absolute atomic E-state index is 0.0748. The van der Waals surface area contributed by atoms with Crippen LogP contribution in [0.25, 0.3) is 10.9 Å². The fraction of sp³-hybridized carbons (Fsp3) is 0.300. The van der Waals surface area contributed by atoms with Gasteiger partial charge >= 0.3 is 0 Å². The van der Waals surface area contributed by atoms with Gasteiger partial charge in [-0.1, -0.05) is 48.6 Å². The zero-order valence-electron chi connectivity index (χ0n) is 21.8. The van der Waals surface area contributed by atoms with Gasteiger partial charge in [-0.05, 0) is 48.9 Å². The zero-order valence-corrected chi connectivity index (χ0v) is 21.8. The second kappa shape index (κ2) is 10.3. The van der Waals surface area contributed by atoms with E-state index in [0.717, 1.165) is 54.5 Å². The van der Waals surface area contributed by atoms with Crippen LogP contribution in [0.1, 0.15) is 42.2 Å². The SMILES string of the molecule is CC(=O)N1CCC(Cn2nc(C(=O)Nc3ccc(C4=NNC(=O)C5=CC=CCC54)cc3)c3ccccc32)CC1.